The van der Waals surface area contributed by atoms with E-state index >= 15 is 0 Å². The molecule has 0 radical (unpaired) electrons. The number of fused-ring (bicyclic) bond motifs is 1. The second-order valence-corrected chi connectivity index (χ2v) is 5.10. The largest absolute Gasteiger partial charge is 0.453 e. The van der Waals surface area contributed by atoms with E-state index in [0.29, 0.717) is 22.5 Å². The van der Waals surface area contributed by atoms with Gasteiger partial charge in [0.1, 0.15) is 17.6 Å². The van der Waals surface area contributed by atoms with Gasteiger partial charge in [0.15, 0.2) is 11.6 Å². The highest BCUT2D eigenvalue weighted by molar-refractivity contribution is 9.10. The molecule has 0 aromatic heterocycles. The van der Waals surface area contributed by atoms with Crippen LogP contribution in [0.4, 0.5) is 20.2 Å². The second kappa shape index (κ2) is 5.22. The Hall–Kier alpha value is -2.33. The van der Waals surface area contributed by atoms with Crippen molar-refractivity contribution in [2.24, 2.45) is 0 Å². The zero-order valence-electron chi connectivity index (χ0n) is 10.5. The van der Waals surface area contributed by atoms with Crippen molar-refractivity contribution in [2.75, 3.05) is 17.3 Å². The summed E-state index contributed by atoms with van der Waals surface area (Å²) in [5.74, 6) is -1.07. The van der Waals surface area contributed by atoms with Crippen LogP contribution in [0.3, 0.4) is 0 Å². The minimum Gasteiger partial charge on any atom is -0.453 e. The quantitative estimate of drug-likeness (QED) is 0.851. The van der Waals surface area contributed by atoms with E-state index in [-0.39, 0.29) is 17.1 Å². The van der Waals surface area contributed by atoms with Crippen molar-refractivity contribution in [3.8, 4) is 17.6 Å². The van der Waals surface area contributed by atoms with E-state index in [4.69, 9.17) is 10.00 Å². The third-order valence-corrected chi connectivity index (χ3v) is 3.75. The van der Waals surface area contributed by atoms with Gasteiger partial charge >= 0.3 is 0 Å². The van der Waals surface area contributed by atoms with E-state index in [9.17, 15) is 8.78 Å². The van der Waals surface area contributed by atoms with Crippen LogP contribution in [0, 0.1) is 23.0 Å². The van der Waals surface area contributed by atoms with Crippen molar-refractivity contribution in [3.63, 3.8) is 0 Å². The van der Waals surface area contributed by atoms with Gasteiger partial charge < -0.3 is 15.4 Å². The van der Waals surface area contributed by atoms with Gasteiger partial charge in [0.25, 0.3) is 0 Å². The van der Waals surface area contributed by atoms with E-state index in [1.165, 1.54) is 18.2 Å². The Morgan fingerprint density at radius 3 is 2.76 bits per heavy atom. The van der Waals surface area contributed by atoms with Crippen molar-refractivity contribution in [1.82, 2.24) is 0 Å². The van der Waals surface area contributed by atoms with Gasteiger partial charge in [-0.1, -0.05) is 0 Å². The number of halogens is 3. The molecular weight excluding hydrogens is 344 g/mol. The Morgan fingerprint density at radius 1 is 1.19 bits per heavy atom. The average Bonchev–Trinajstić information content (AvgIpc) is 2.93. The fourth-order valence-electron chi connectivity index (χ4n) is 2.01. The molecule has 1 aliphatic rings. The number of nitriles is 1. The number of nitrogens with zero attached hydrogens (tertiary/aromatic N) is 1. The van der Waals surface area contributed by atoms with E-state index in [1.54, 1.807) is 6.07 Å². The summed E-state index contributed by atoms with van der Waals surface area (Å²) in [5, 5.41) is 14.8. The highest BCUT2D eigenvalue weighted by atomic mass is 79.9. The zero-order valence-corrected chi connectivity index (χ0v) is 12.1. The third kappa shape index (κ3) is 2.38. The minimum atomic E-state index is -0.649. The van der Waals surface area contributed by atoms with Crippen LogP contribution in [0.5, 0.6) is 11.5 Å². The van der Waals surface area contributed by atoms with Crippen molar-refractivity contribution >= 4 is 27.3 Å². The number of anilines is 2. The lowest BCUT2D eigenvalue weighted by Crippen LogP contribution is -1.99. The first-order valence-corrected chi connectivity index (χ1v) is 6.76. The third-order valence-electron chi connectivity index (χ3n) is 3.00. The van der Waals surface area contributed by atoms with Gasteiger partial charge in [0, 0.05) is 12.1 Å². The molecule has 0 saturated carbocycles. The van der Waals surface area contributed by atoms with E-state index in [1.807, 2.05) is 0 Å². The average molecular weight is 352 g/mol. The predicted molar refractivity (Wildman–Crippen MR) is 77.4 cm³/mol. The highest BCUT2D eigenvalue weighted by Crippen LogP contribution is 2.44. The molecule has 21 heavy (non-hydrogen) atoms. The summed E-state index contributed by atoms with van der Waals surface area (Å²) in [5.41, 5.74) is 1.16. The Bertz CT molecular complexity index is 774. The molecule has 4 nitrogen and oxygen atoms in total. The Kier molecular flexibility index (Phi) is 3.39. The van der Waals surface area contributed by atoms with Gasteiger partial charge in [-0.05, 0) is 28.1 Å². The number of hydrogen-bond donors (Lipinski definition) is 2. The zero-order chi connectivity index (χ0) is 15.0. The lowest BCUT2D eigenvalue weighted by Gasteiger charge is -2.12. The van der Waals surface area contributed by atoms with Crippen molar-refractivity contribution in [3.05, 3.63) is 45.9 Å². The van der Waals surface area contributed by atoms with E-state index < -0.39 is 11.6 Å². The molecule has 2 N–H and O–H groups in total. The Labute approximate surface area is 127 Å². The molecule has 0 bridgehead atoms. The van der Waals surface area contributed by atoms with Crippen molar-refractivity contribution in [1.29, 1.82) is 5.26 Å². The maximum atomic E-state index is 14.1. The van der Waals surface area contributed by atoms with Gasteiger partial charge in [-0.25, -0.2) is 8.78 Å². The van der Waals surface area contributed by atoms with Crippen LogP contribution >= 0.6 is 15.9 Å². The maximum absolute atomic E-state index is 14.1. The molecule has 2 aromatic rings. The topological polar surface area (TPSA) is 57.1 Å². The Morgan fingerprint density at radius 2 is 2.00 bits per heavy atom. The lowest BCUT2D eigenvalue weighted by molar-refractivity contribution is 0.438. The molecule has 7 heteroatoms. The van der Waals surface area contributed by atoms with Crippen LogP contribution < -0.4 is 15.4 Å². The van der Waals surface area contributed by atoms with Gasteiger partial charge in [-0.15, -0.1) is 0 Å². The molecule has 0 unspecified atom stereocenters. The fourth-order valence-corrected chi connectivity index (χ4v) is 2.63. The minimum absolute atomic E-state index is 0.0274. The molecule has 3 rings (SSSR count). The maximum Gasteiger partial charge on any atom is 0.179 e. The molecule has 1 aliphatic heterocycles. The molecule has 1 heterocycles. The normalized spacial score (nSPS) is 12.1. The molecule has 0 spiro atoms. The van der Waals surface area contributed by atoms with Crippen LogP contribution in [0.15, 0.2) is 28.7 Å². The summed E-state index contributed by atoms with van der Waals surface area (Å²) in [6, 6.07) is 6.68. The SMILES string of the molecule is N#Cc1cc(Oc2c(F)cc3c(c2Br)NCN3)ccc1F. The van der Waals surface area contributed by atoms with E-state index in [2.05, 4.69) is 26.6 Å². The summed E-state index contributed by atoms with van der Waals surface area (Å²) in [6.45, 7) is 0.492. The van der Waals surface area contributed by atoms with Crippen molar-refractivity contribution < 1.29 is 13.5 Å². The molecular formula is C14H8BrF2N3O. The highest BCUT2D eigenvalue weighted by Gasteiger charge is 2.21. The smallest absolute Gasteiger partial charge is 0.179 e. The molecule has 0 fully saturated rings. The molecule has 0 saturated heterocycles. The molecule has 0 aliphatic carbocycles. The summed E-state index contributed by atoms with van der Waals surface area (Å²) >= 11 is 3.28. The lowest BCUT2D eigenvalue weighted by atomic mass is 10.2. The first kappa shape index (κ1) is 13.6. The number of hydrogen-bond acceptors (Lipinski definition) is 4. The Balaban J connectivity index is 2.01. The van der Waals surface area contributed by atoms with Gasteiger partial charge in [-0.3, -0.25) is 0 Å². The number of benzene rings is 2. The van der Waals surface area contributed by atoms with Gasteiger partial charge in [0.2, 0.25) is 0 Å². The number of ether oxygens (including phenoxy) is 1. The first-order valence-electron chi connectivity index (χ1n) is 5.97. The van der Waals surface area contributed by atoms with Crippen LogP contribution in [0.2, 0.25) is 0 Å². The second-order valence-electron chi connectivity index (χ2n) is 4.31. The van der Waals surface area contributed by atoms with Crippen LogP contribution in [-0.2, 0) is 0 Å². The van der Waals surface area contributed by atoms with Crippen molar-refractivity contribution in [2.45, 2.75) is 0 Å². The first-order chi connectivity index (χ1) is 10.1. The molecule has 2 aromatic carbocycles. The monoisotopic (exact) mass is 351 g/mol. The number of nitrogens with one attached hydrogen (secondary N) is 2. The summed E-state index contributed by atoms with van der Waals surface area (Å²) < 4.78 is 33.2. The van der Waals surface area contributed by atoms with Crippen LogP contribution in [-0.4, -0.2) is 6.67 Å². The summed E-state index contributed by atoms with van der Waals surface area (Å²) in [4.78, 5) is 0. The predicted octanol–water partition coefficient (Wildman–Crippen LogP) is 4.19. The van der Waals surface area contributed by atoms with Gasteiger partial charge in [-0.2, -0.15) is 5.26 Å². The molecule has 0 amide bonds. The summed E-state index contributed by atoms with van der Waals surface area (Å²) in [7, 11) is 0. The molecule has 106 valence electrons. The van der Waals surface area contributed by atoms with E-state index in [0.717, 1.165) is 6.07 Å². The van der Waals surface area contributed by atoms with Gasteiger partial charge in [0.05, 0.1) is 28.1 Å². The number of rotatable bonds is 2. The molecule has 0 atom stereocenters. The summed E-state index contributed by atoms with van der Waals surface area (Å²) in [6.07, 6.45) is 0. The fraction of sp³-hybridized carbons (Fsp3) is 0.0714. The van der Waals surface area contributed by atoms with Crippen LogP contribution in [0.25, 0.3) is 0 Å². The standard InChI is InChI=1S/C14H8BrF2N3O/c15-12-13-11(19-6-20-13)4-10(17)14(12)21-8-1-2-9(16)7(3-8)5-18/h1-4,19-20H,6H2. The van der Waals surface area contributed by atoms with Crippen LogP contribution in [0.1, 0.15) is 5.56 Å².